The Kier molecular flexibility index (Phi) is 5.26. The summed E-state index contributed by atoms with van der Waals surface area (Å²) in [6, 6.07) is 13.6. The molecule has 1 saturated carbocycles. The molecule has 29 heavy (non-hydrogen) atoms. The Morgan fingerprint density at radius 3 is 2.55 bits per heavy atom. The van der Waals surface area contributed by atoms with Crippen LogP contribution in [0.5, 0.6) is 5.75 Å². The van der Waals surface area contributed by atoms with E-state index in [0.29, 0.717) is 18.8 Å². The lowest BCUT2D eigenvalue weighted by Gasteiger charge is -2.43. The van der Waals surface area contributed by atoms with Gasteiger partial charge in [-0.1, -0.05) is 24.3 Å². The Labute approximate surface area is 171 Å². The Hall–Kier alpha value is -2.89. The fraction of sp³-hybridized carbons (Fsp3) is 0.435. The predicted molar refractivity (Wildman–Crippen MR) is 109 cm³/mol. The smallest absolute Gasteiger partial charge is 0.272 e. The zero-order chi connectivity index (χ0) is 20.4. The van der Waals surface area contributed by atoms with E-state index < -0.39 is 5.60 Å². The molecule has 1 fully saturated rings. The van der Waals surface area contributed by atoms with Crippen LogP contribution in [0.1, 0.15) is 48.7 Å². The van der Waals surface area contributed by atoms with E-state index >= 15 is 0 Å². The van der Waals surface area contributed by atoms with Crippen LogP contribution in [0.2, 0.25) is 0 Å². The number of carbonyl (C=O) groups excluding carboxylic acids is 2. The molecule has 2 heterocycles. The second-order valence-electron chi connectivity index (χ2n) is 8.13. The van der Waals surface area contributed by atoms with Crippen molar-refractivity contribution in [2.45, 2.75) is 50.8 Å². The normalized spacial score (nSPS) is 23.7. The number of nitrogens with zero attached hydrogens (tertiary/aromatic N) is 3. The van der Waals surface area contributed by atoms with E-state index in [0.717, 1.165) is 37.0 Å². The van der Waals surface area contributed by atoms with E-state index in [-0.39, 0.29) is 17.9 Å². The van der Waals surface area contributed by atoms with Gasteiger partial charge in [-0.05, 0) is 43.9 Å². The summed E-state index contributed by atoms with van der Waals surface area (Å²) in [7, 11) is 1.87. The first-order valence-electron chi connectivity index (χ1n) is 10.2. The number of aromatic nitrogens is 1. The molecule has 2 amide bonds. The van der Waals surface area contributed by atoms with Crippen molar-refractivity contribution in [3.05, 3.63) is 59.9 Å². The monoisotopic (exact) mass is 393 g/mol. The minimum atomic E-state index is -0.439. The van der Waals surface area contributed by atoms with Crippen LogP contribution >= 0.6 is 0 Å². The van der Waals surface area contributed by atoms with Crippen LogP contribution in [0.15, 0.2) is 48.7 Å². The minimum Gasteiger partial charge on any atom is -0.485 e. The Morgan fingerprint density at radius 1 is 1.14 bits per heavy atom. The lowest BCUT2D eigenvalue weighted by atomic mass is 9.81. The molecule has 1 aromatic carbocycles. The van der Waals surface area contributed by atoms with Crippen LogP contribution in [0.3, 0.4) is 0 Å². The highest BCUT2D eigenvalue weighted by Crippen LogP contribution is 2.39. The lowest BCUT2D eigenvalue weighted by Crippen LogP contribution is -2.52. The third-order valence-corrected chi connectivity index (χ3v) is 6.22. The Balaban J connectivity index is 1.61. The summed E-state index contributed by atoms with van der Waals surface area (Å²) in [4.78, 5) is 32.9. The molecule has 2 aromatic rings. The van der Waals surface area contributed by atoms with Crippen molar-refractivity contribution in [2.75, 3.05) is 13.6 Å². The molecule has 1 aliphatic heterocycles. The van der Waals surface area contributed by atoms with Crippen molar-refractivity contribution in [1.29, 1.82) is 0 Å². The number of hydrogen-bond acceptors (Lipinski definition) is 4. The van der Waals surface area contributed by atoms with Gasteiger partial charge in [0.05, 0.1) is 6.54 Å². The zero-order valence-electron chi connectivity index (χ0n) is 17.0. The van der Waals surface area contributed by atoms with E-state index in [4.69, 9.17) is 4.74 Å². The van der Waals surface area contributed by atoms with E-state index in [1.165, 1.54) is 0 Å². The van der Waals surface area contributed by atoms with Gasteiger partial charge in [-0.3, -0.25) is 14.6 Å². The fourth-order valence-electron chi connectivity index (χ4n) is 4.44. The van der Waals surface area contributed by atoms with Crippen LogP contribution < -0.4 is 4.74 Å². The van der Waals surface area contributed by atoms with Gasteiger partial charge in [0.15, 0.2) is 0 Å². The first-order valence-corrected chi connectivity index (χ1v) is 10.2. The second kappa shape index (κ2) is 7.85. The number of amides is 2. The SMILES string of the molecule is CC(=O)N(C)C1CCC2(CC1)CN(C(=O)c1ccccn1)Cc1ccccc1O2. The van der Waals surface area contributed by atoms with Crippen LogP contribution in [-0.2, 0) is 11.3 Å². The standard InChI is InChI=1S/C23H27N3O3/c1-17(27)25(2)19-10-12-23(13-11-19)16-26(22(28)20-8-5-6-14-24-20)15-18-7-3-4-9-21(18)29-23/h3-9,14,19H,10-13,15-16H2,1-2H3. The number of para-hydroxylation sites is 1. The van der Waals surface area contributed by atoms with Gasteiger partial charge in [-0.15, -0.1) is 0 Å². The largest absolute Gasteiger partial charge is 0.485 e. The van der Waals surface area contributed by atoms with Gasteiger partial charge in [0, 0.05) is 38.3 Å². The highest BCUT2D eigenvalue weighted by Gasteiger charge is 2.43. The summed E-state index contributed by atoms with van der Waals surface area (Å²) >= 11 is 0. The van der Waals surface area contributed by atoms with Gasteiger partial charge in [0.1, 0.15) is 17.0 Å². The molecule has 0 unspecified atom stereocenters. The van der Waals surface area contributed by atoms with E-state index in [2.05, 4.69) is 4.98 Å². The predicted octanol–water partition coefficient (Wildman–Crippen LogP) is 3.28. The molecule has 1 spiro atoms. The number of ether oxygens (including phenoxy) is 1. The molecule has 0 saturated heterocycles. The molecule has 0 bridgehead atoms. The maximum Gasteiger partial charge on any atom is 0.272 e. The van der Waals surface area contributed by atoms with Gasteiger partial charge in [0.25, 0.3) is 5.91 Å². The molecule has 4 rings (SSSR count). The van der Waals surface area contributed by atoms with Crippen LogP contribution in [-0.4, -0.2) is 51.8 Å². The summed E-state index contributed by atoms with van der Waals surface area (Å²) in [5, 5.41) is 0. The van der Waals surface area contributed by atoms with Gasteiger partial charge >= 0.3 is 0 Å². The molecule has 1 aliphatic carbocycles. The molecule has 2 aliphatic rings. The molecule has 0 radical (unpaired) electrons. The van der Waals surface area contributed by atoms with Crippen molar-refractivity contribution >= 4 is 11.8 Å². The molecule has 0 atom stereocenters. The lowest BCUT2D eigenvalue weighted by molar-refractivity contribution is -0.131. The summed E-state index contributed by atoms with van der Waals surface area (Å²) < 4.78 is 6.57. The van der Waals surface area contributed by atoms with E-state index in [1.807, 2.05) is 53.2 Å². The van der Waals surface area contributed by atoms with Gasteiger partial charge in [-0.25, -0.2) is 0 Å². The highest BCUT2D eigenvalue weighted by molar-refractivity contribution is 5.92. The highest BCUT2D eigenvalue weighted by atomic mass is 16.5. The van der Waals surface area contributed by atoms with Crippen LogP contribution in [0.25, 0.3) is 0 Å². The number of carbonyl (C=O) groups is 2. The van der Waals surface area contributed by atoms with Gasteiger partial charge in [-0.2, -0.15) is 0 Å². The Morgan fingerprint density at radius 2 is 1.86 bits per heavy atom. The summed E-state index contributed by atoms with van der Waals surface area (Å²) in [5.41, 5.74) is 1.02. The van der Waals surface area contributed by atoms with E-state index in [1.54, 1.807) is 19.2 Å². The second-order valence-corrected chi connectivity index (χ2v) is 8.13. The molecule has 152 valence electrons. The van der Waals surface area contributed by atoms with Gasteiger partial charge < -0.3 is 14.5 Å². The van der Waals surface area contributed by atoms with Crippen LogP contribution in [0.4, 0.5) is 0 Å². The van der Waals surface area contributed by atoms with Gasteiger partial charge in [0.2, 0.25) is 5.91 Å². The Bertz CT molecular complexity index is 891. The number of rotatable bonds is 2. The summed E-state index contributed by atoms with van der Waals surface area (Å²) in [5.74, 6) is 0.862. The molecule has 6 heteroatoms. The molecular weight excluding hydrogens is 366 g/mol. The first-order chi connectivity index (χ1) is 14.0. The van der Waals surface area contributed by atoms with Crippen molar-refractivity contribution in [2.24, 2.45) is 0 Å². The maximum atomic E-state index is 13.2. The van der Waals surface area contributed by atoms with Crippen molar-refractivity contribution in [3.8, 4) is 5.75 Å². The fourth-order valence-corrected chi connectivity index (χ4v) is 4.44. The topological polar surface area (TPSA) is 62.7 Å². The zero-order valence-corrected chi connectivity index (χ0v) is 17.0. The number of hydrogen-bond donors (Lipinski definition) is 0. The van der Waals surface area contributed by atoms with Crippen molar-refractivity contribution < 1.29 is 14.3 Å². The summed E-state index contributed by atoms with van der Waals surface area (Å²) in [6.45, 7) is 2.63. The summed E-state index contributed by atoms with van der Waals surface area (Å²) in [6.07, 6.45) is 4.98. The molecular formula is C23H27N3O3. The third-order valence-electron chi connectivity index (χ3n) is 6.22. The maximum absolute atomic E-state index is 13.2. The van der Waals surface area contributed by atoms with E-state index in [9.17, 15) is 9.59 Å². The minimum absolute atomic E-state index is 0.0757. The molecule has 6 nitrogen and oxygen atoms in total. The first kappa shape index (κ1) is 19.4. The third kappa shape index (κ3) is 3.97. The average molecular weight is 393 g/mol. The number of benzene rings is 1. The average Bonchev–Trinajstić information content (AvgIpc) is 2.90. The number of fused-ring (bicyclic) bond motifs is 1. The van der Waals surface area contributed by atoms with Crippen molar-refractivity contribution in [3.63, 3.8) is 0 Å². The quantitative estimate of drug-likeness (QED) is 0.786. The molecule has 0 N–H and O–H groups in total. The number of pyridine rings is 1. The van der Waals surface area contributed by atoms with Crippen molar-refractivity contribution in [1.82, 2.24) is 14.8 Å². The van der Waals surface area contributed by atoms with Crippen LogP contribution in [0, 0.1) is 0 Å². The molecule has 1 aromatic heterocycles.